The molecule has 0 aromatic carbocycles. The van der Waals surface area contributed by atoms with Crippen LogP contribution in [-0.4, -0.2) is 15.0 Å². The molecule has 0 aliphatic carbocycles. The first-order valence-corrected chi connectivity index (χ1v) is 5.52. The zero-order valence-corrected chi connectivity index (χ0v) is 10.0. The summed E-state index contributed by atoms with van der Waals surface area (Å²) >= 11 is 3.42. The van der Waals surface area contributed by atoms with Crippen molar-refractivity contribution in [2.24, 2.45) is 5.92 Å². The number of rotatable bonds is 4. The summed E-state index contributed by atoms with van der Waals surface area (Å²) in [4.78, 5) is 0. The monoisotopic (exact) mass is 245 g/mol. The highest BCUT2D eigenvalue weighted by molar-refractivity contribution is 9.10. The maximum absolute atomic E-state index is 4.08. The van der Waals surface area contributed by atoms with Crippen molar-refractivity contribution in [1.82, 2.24) is 15.0 Å². The summed E-state index contributed by atoms with van der Waals surface area (Å²) in [6, 6.07) is 0. The van der Waals surface area contributed by atoms with Crippen LogP contribution < -0.4 is 0 Å². The Morgan fingerprint density at radius 3 is 2.69 bits per heavy atom. The van der Waals surface area contributed by atoms with Gasteiger partial charge in [-0.25, -0.2) is 4.68 Å². The van der Waals surface area contributed by atoms with Crippen LogP contribution in [0.4, 0.5) is 0 Å². The maximum atomic E-state index is 4.08. The number of aromatic nitrogens is 3. The molecule has 0 bridgehead atoms. The molecule has 0 unspecified atom stereocenters. The number of hydrogen-bond acceptors (Lipinski definition) is 2. The van der Waals surface area contributed by atoms with Gasteiger partial charge in [-0.2, -0.15) is 0 Å². The van der Waals surface area contributed by atoms with Gasteiger partial charge in [0, 0.05) is 6.54 Å². The summed E-state index contributed by atoms with van der Waals surface area (Å²) in [6.45, 7) is 7.51. The molecule has 3 nitrogen and oxygen atoms in total. The minimum Gasteiger partial charge on any atom is -0.248 e. The Hall–Kier alpha value is -0.380. The first kappa shape index (κ1) is 10.7. The van der Waals surface area contributed by atoms with Crippen LogP contribution in [0.5, 0.6) is 0 Å². The van der Waals surface area contributed by atoms with E-state index < -0.39 is 0 Å². The van der Waals surface area contributed by atoms with E-state index in [4.69, 9.17) is 0 Å². The third kappa shape index (κ3) is 2.79. The van der Waals surface area contributed by atoms with Crippen LogP contribution in [0.2, 0.25) is 0 Å². The molecule has 1 aromatic rings. The second-order valence-electron chi connectivity index (χ2n) is 3.65. The van der Waals surface area contributed by atoms with E-state index in [0.29, 0.717) is 5.92 Å². The molecule has 4 heteroatoms. The number of hydrogen-bond donors (Lipinski definition) is 0. The molecule has 1 heterocycles. The topological polar surface area (TPSA) is 30.7 Å². The fraction of sp³-hybridized carbons (Fsp3) is 0.778. The maximum Gasteiger partial charge on any atom is 0.151 e. The van der Waals surface area contributed by atoms with Crippen LogP contribution in [0.1, 0.15) is 32.9 Å². The van der Waals surface area contributed by atoms with E-state index in [2.05, 4.69) is 47.0 Å². The summed E-state index contributed by atoms with van der Waals surface area (Å²) in [7, 11) is 0. The highest BCUT2D eigenvalue weighted by atomic mass is 79.9. The molecule has 74 valence electrons. The average molecular weight is 246 g/mol. The molecular formula is C9H16BrN3. The van der Waals surface area contributed by atoms with E-state index in [0.717, 1.165) is 24.0 Å². The third-order valence-electron chi connectivity index (χ3n) is 1.83. The molecule has 0 N–H and O–H groups in total. The van der Waals surface area contributed by atoms with Crippen LogP contribution in [0.15, 0.2) is 4.60 Å². The molecule has 0 radical (unpaired) electrons. The van der Waals surface area contributed by atoms with E-state index in [1.807, 2.05) is 4.68 Å². The van der Waals surface area contributed by atoms with Crippen LogP contribution in [-0.2, 0) is 13.0 Å². The van der Waals surface area contributed by atoms with Crippen LogP contribution in [0.25, 0.3) is 0 Å². The second kappa shape index (κ2) is 4.74. The Morgan fingerprint density at radius 2 is 2.15 bits per heavy atom. The number of nitrogens with zero attached hydrogens (tertiary/aromatic N) is 3. The Kier molecular flexibility index (Phi) is 3.90. The van der Waals surface area contributed by atoms with E-state index in [1.54, 1.807) is 0 Å². The van der Waals surface area contributed by atoms with Gasteiger partial charge in [-0.3, -0.25) is 0 Å². The first-order valence-electron chi connectivity index (χ1n) is 4.73. The summed E-state index contributed by atoms with van der Waals surface area (Å²) < 4.78 is 2.89. The fourth-order valence-corrected chi connectivity index (χ4v) is 1.72. The molecule has 0 amide bonds. The fourth-order valence-electron chi connectivity index (χ4n) is 1.28. The van der Waals surface area contributed by atoms with Gasteiger partial charge in [-0.1, -0.05) is 26.0 Å². The Labute approximate surface area is 87.6 Å². The van der Waals surface area contributed by atoms with Gasteiger partial charge < -0.3 is 0 Å². The van der Waals surface area contributed by atoms with Crippen LogP contribution >= 0.6 is 15.9 Å². The van der Waals surface area contributed by atoms with Crippen molar-refractivity contribution in [3.63, 3.8) is 0 Å². The van der Waals surface area contributed by atoms with Crippen molar-refractivity contribution in [1.29, 1.82) is 0 Å². The van der Waals surface area contributed by atoms with Gasteiger partial charge in [0.15, 0.2) is 4.60 Å². The first-order chi connectivity index (χ1) is 6.15. The molecule has 0 saturated carbocycles. The van der Waals surface area contributed by atoms with Gasteiger partial charge in [0.2, 0.25) is 0 Å². The van der Waals surface area contributed by atoms with Gasteiger partial charge in [0.25, 0.3) is 0 Å². The van der Waals surface area contributed by atoms with E-state index in [1.165, 1.54) is 5.69 Å². The van der Waals surface area contributed by atoms with Crippen molar-refractivity contribution >= 4 is 15.9 Å². The van der Waals surface area contributed by atoms with Gasteiger partial charge in [0.05, 0.1) is 5.69 Å². The van der Waals surface area contributed by atoms with E-state index >= 15 is 0 Å². The van der Waals surface area contributed by atoms with Crippen molar-refractivity contribution in [2.75, 3.05) is 0 Å². The normalized spacial score (nSPS) is 11.2. The standard InChI is InChI=1S/C9H16BrN3/c1-4-5-13-8(6-7(2)3)9(10)11-12-13/h7H,4-6H2,1-3H3. The van der Waals surface area contributed by atoms with Gasteiger partial charge >= 0.3 is 0 Å². The number of aryl methyl sites for hydroxylation is 1. The molecule has 0 spiro atoms. The molecule has 0 aliphatic heterocycles. The van der Waals surface area contributed by atoms with Gasteiger partial charge in [0.1, 0.15) is 0 Å². The summed E-state index contributed by atoms with van der Waals surface area (Å²) in [5.74, 6) is 0.644. The molecule has 0 aliphatic rings. The largest absolute Gasteiger partial charge is 0.248 e. The van der Waals surface area contributed by atoms with Crippen molar-refractivity contribution in [2.45, 2.75) is 40.2 Å². The summed E-state index contributed by atoms with van der Waals surface area (Å²) in [6.07, 6.45) is 2.13. The lowest BCUT2D eigenvalue weighted by molar-refractivity contribution is 0.526. The smallest absolute Gasteiger partial charge is 0.151 e. The lowest BCUT2D eigenvalue weighted by atomic mass is 10.1. The number of halogens is 1. The van der Waals surface area contributed by atoms with E-state index in [-0.39, 0.29) is 0 Å². The minimum atomic E-state index is 0.644. The quantitative estimate of drug-likeness (QED) is 0.817. The molecular weight excluding hydrogens is 230 g/mol. The van der Waals surface area contributed by atoms with Crippen molar-refractivity contribution < 1.29 is 0 Å². The Bertz CT molecular complexity index is 268. The molecule has 13 heavy (non-hydrogen) atoms. The highest BCUT2D eigenvalue weighted by Crippen LogP contribution is 2.17. The molecule has 0 atom stereocenters. The zero-order chi connectivity index (χ0) is 9.84. The lowest BCUT2D eigenvalue weighted by Crippen LogP contribution is -2.07. The molecule has 1 aromatic heterocycles. The van der Waals surface area contributed by atoms with Crippen LogP contribution in [0, 0.1) is 5.92 Å². The summed E-state index contributed by atoms with van der Waals surface area (Å²) in [5, 5.41) is 8.10. The van der Waals surface area contributed by atoms with Gasteiger partial charge in [-0.15, -0.1) is 5.10 Å². The predicted molar refractivity (Wildman–Crippen MR) is 56.6 cm³/mol. The van der Waals surface area contributed by atoms with Crippen molar-refractivity contribution in [3.8, 4) is 0 Å². The predicted octanol–water partition coefficient (Wildman–Crippen LogP) is 2.65. The highest BCUT2D eigenvalue weighted by Gasteiger charge is 2.10. The minimum absolute atomic E-state index is 0.644. The Balaban J connectivity index is 2.81. The lowest BCUT2D eigenvalue weighted by Gasteiger charge is -2.07. The second-order valence-corrected chi connectivity index (χ2v) is 4.40. The summed E-state index contributed by atoms with van der Waals surface area (Å²) in [5.41, 5.74) is 1.22. The zero-order valence-electron chi connectivity index (χ0n) is 8.42. The SMILES string of the molecule is CCCn1nnc(Br)c1CC(C)C. The molecule has 1 rings (SSSR count). The van der Waals surface area contributed by atoms with Crippen molar-refractivity contribution in [3.05, 3.63) is 10.3 Å². The van der Waals surface area contributed by atoms with Gasteiger partial charge in [-0.05, 0) is 34.7 Å². The third-order valence-corrected chi connectivity index (χ3v) is 2.44. The van der Waals surface area contributed by atoms with E-state index in [9.17, 15) is 0 Å². The molecule has 0 fully saturated rings. The average Bonchev–Trinajstić information content (AvgIpc) is 2.36. The molecule has 0 saturated heterocycles. The Morgan fingerprint density at radius 1 is 1.46 bits per heavy atom. The van der Waals surface area contributed by atoms with Crippen LogP contribution in [0.3, 0.4) is 0 Å².